The first-order valence-corrected chi connectivity index (χ1v) is 9.77. The molecule has 1 aliphatic rings. The molecule has 0 saturated carbocycles. The van der Waals surface area contributed by atoms with Gasteiger partial charge in [-0.05, 0) is 24.9 Å². The van der Waals surface area contributed by atoms with Crippen molar-refractivity contribution < 1.29 is 18.3 Å². The lowest BCUT2D eigenvalue weighted by Gasteiger charge is -2.13. The van der Waals surface area contributed by atoms with Crippen LogP contribution in [0.2, 0.25) is 0 Å². The molecule has 0 radical (unpaired) electrons. The summed E-state index contributed by atoms with van der Waals surface area (Å²) in [5.41, 5.74) is 6.74. The molecule has 1 saturated heterocycles. The van der Waals surface area contributed by atoms with Gasteiger partial charge in [-0.15, -0.1) is 0 Å². The van der Waals surface area contributed by atoms with Gasteiger partial charge in [0.25, 0.3) is 0 Å². The van der Waals surface area contributed by atoms with Gasteiger partial charge in [0.15, 0.2) is 11.6 Å². The van der Waals surface area contributed by atoms with Crippen molar-refractivity contribution in [3.8, 4) is 17.0 Å². The van der Waals surface area contributed by atoms with Crippen molar-refractivity contribution >= 4 is 5.82 Å². The topological polar surface area (TPSA) is 89.3 Å². The standard InChI is InChI=1S/C12H14F2N4O.C8H17NO/c1-6(2)11-17-5-8(18-11)7-3-9(19-12(13)14)10(15)16-4-7;1-8-3-4-9(7-8)5-6-10-2/h3-6,12H,1-2H3,(H2,15,16)(H,17,18);8H,3-7H2,1-2H3. The van der Waals surface area contributed by atoms with E-state index in [0.717, 1.165) is 24.9 Å². The fraction of sp³-hybridized carbons (Fsp3) is 0.600. The number of nitrogens with one attached hydrogen (secondary N) is 1. The van der Waals surface area contributed by atoms with Crippen molar-refractivity contribution in [2.24, 2.45) is 5.92 Å². The number of alkyl halides is 2. The molecular weight excluding hydrogens is 380 g/mol. The number of rotatable bonds is 7. The summed E-state index contributed by atoms with van der Waals surface area (Å²) in [6.45, 7) is 7.89. The number of halogens is 2. The van der Waals surface area contributed by atoms with Crippen LogP contribution in [0.5, 0.6) is 5.75 Å². The van der Waals surface area contributed by atoms with E-state index in [9.17, 15) is 8.78 Å². The van der Waals surface area contributed by atoms with Gasteiger partial charge in [0, 0.05) is 37.9 Å². The fourth-order valence-corrected chi connectivity index (χ4v) is 3.02. The highest BCUT2D eigenvalue weighted by Gasteiger charge is 2.17. The molecule has 0 bridgehead atoms. The molecule has 7 nitrogen and oxygen atoms in total. The highest BCUT2D eigenvalue weighted by atomic mass is 19.3. The summed E-state index contributed by atoms with van der Waals surface area (Å²) in [7, 11) is 1.76. The van der Waals surface area contributed by atoms with Crippen LogP contribution in [-0.2, 0) is 4.74 Å². The maximum absolute atomic E-state index is 12.2. The molecule has 1 aliphatic heterocycles. The minimum atomic E-state index is -2.94. The van der Waals surface area contributed by atoms with E-state index in [1.807, 2.05) is 13.8 Å². The van der Waals surface area contributed by atoms with Crippen molar-refractivity contribution in [3.05, 3.63) is 24.3 Å². The Balaban J connectivity index is 0.000000253. The third kappa shape index (κ3) is 7.25. The highest BCUT2D eigenvalue weighted by Crippen LogP contribution is 2.27. The maximum atomic E-state index is 12.2. The van der Waals surface area contributed by atoms with Crippen LogP contribution in [-0.4, -0.2) is 59.8 Å². The second-order valence-corrected chi connectivity index (χ2v) is 7.51. The fourth-order valence-electron chi connectivity index (χ4n) is 3.02. The number of H-pyrrole nitrogens is 1. The van der Waals surface area contributed by atoms with Crippen LogP contribution in [0.15, 0.2) is 18.5 Å². The summed E-state index contributed by atoms with van der Waals surface area (Å²) < 4.78 is 33.7. The van der Waals surface area contributed by atoms with E-state index in [2.05, 4.69) is 31.5 Å². The molecule has 0 aliphatic carbocycles. The highest BCUT2D eigenvalue weighted by molar-refractivity contribution is 5.63. The zero-order valence-corrected chi connectivity index (χ0v) is 17.5. The van der Waals surface area contributed by atoms with Crippen LogP contribution in [0.4, 0.5) is 14.6 Å². The van der Waals surface area contributed by atoms with Gasteiger partial charge in [0.2, 0.25) is 0 Å². The van der Waals surface area contributed by atoms with Gasteiger partial charge >= 0.3 is 6.61 Å². The van der Waals surface area contributed by atoms with Crippen LogP contribution < -0.4 is 10.5 Å². The van der Waals surface area contributed by atoms with E-state index in [1.165, 1.54) is 31.8 Å². The molecule has 3 heterocycles. The minimum Gasteiger partial charge on any atom is -0.431 e. The van der Waals surface area contributed by atoms with E-state index in [-0.39, 0.29) is 17.5 Å². The van der Waals surface area contributed by atoms with Gasteiger partial charge < -0.3 is 25.1 Å². The minimum absolute atomic E-state index is 0.0763. The van der Waals surface area contributed by atoms with Gasteiger partial charge in [0.1, 0.15) is 5.82 Å². The third-order valence-electron chi connectivity index (χ3n) is 4.67. The van der Waals surface area contributed by atoms with Crippen LogP contribution in [0.25, 0.3) is 11.3 Å². The number of methoxy groups -OCH3 is 1. The molecule has 29 heavy (non-hydrogen) atoms. The zero-order valence-electron chi connectivity index (χ0n) is 17.5. The second kappa shape index (κ2) is 11.1. The van der Waals surface area contributed by atoms with E-state index < -0.39 is 6.61 Å². The second-order valence-electron chi connectivity index (χ2n) is 7.51. The molecule has 3 rings (SSSR count). The number of nitrogens with two attached hydrogens (primary N) is 1. The normalized spacial score (nSPS) is 16.9. The molecule has 2 aromatic rings. The number of hydrogen-bond acceptors (Lipinski definition) is 6. The number of hydrogen-bond donors (Lipinski definition) is 2. The maximum Gasteiger partial charge on any atom is 0.387 e. The molecule has 3 N–H and O–H groups in total. The summed E-state index contributed by atoms with van der Waals surface area (Å²) in [5.74, 6) is 1.73. The molecule has 0 aromatic carbocycles. The Kier molecular flexibility index (Phi) is 8.78. The Morgan fingerprint density at radius 2 is 2.07 bits per heavy atom. The quantitative estimate of drug-likeness (QED) is 0.721. The van der Waals surface area contributed by atoms with Crippen LogP contribution >= 0.6 is 0 Å². The van der Waals surface area contributed by atoms with Gasteiger partial charge in [-0.2, -0.15) is 8.78 Å². The number of aromatic nitrogens is 3. The van der Waals surface area contributed by atoms with E-state index in [0.29, 0.717) is 11.3 Å². The number of anilines is 1. The Bertz CT molecular complexity index is 754. The Hall–Kier alpha value is -2.26. The molecule has 0 spiro atoms. The number of aromatic amines is 1. The molecule has 1 atom stereocenters. The van der Waals surface area contributed by atoms with Crippen molar-refractivity contribution in [2.45, 2.75) is 39.7 Å². The molecular formula is C20H31F2N5O2. The first-order valence-electron chi connectivity index (χ1n) is 9.77. The number of ether oxygens (including phenoxy) is 2. The number of imidazole rings is 1. The smallest absolute Gasteiger partial charge is 0.387 e. The average Bonchev–Trinajstić information content (AvgIpc) is 3.31. The first-order chi connectivity index (χ1) is 13.8. The van der Waals surface area contributed by atoms with Crippen LogP contribution in [0.3, 0.4) is 0 Å². The summed E-state index contributed by atoms with van der Waals surface area (Å²) in [4.78, 5) is 13.6. The average molecular weight is 411 g/mol. The lowest BCUT2D eigenvalue weighted by molar-refractivity contribution is -0.0494. The van der Waals surface area contributed by atoms with Gasteiger partial charge in [-0.1, -0.05) is 20.8 Å². The number of likely N-dealkylation sites (tertiary alicyclic amines) is 1. The Labute approximate surface area is 170 Å². The monoisotopic (exact) mass is 411 g/mol. The summed E-state index contributed by atoms with van der Waals surface area (Å²) in [6, 6.07) is 1.41. The number of nitrogens with zero attached hydrogens (tertiary/aromatic N) is 3. The van der Waals surface area contributed by atoms with Crippen LogP contribution in [0.1, 0.15) is 38.9 Å². The van der Waals surface area contributed by atoms with Gasteiger partial charge in [0.05, 0.1) is 18.5 Å². The first kappa shape index (κ1) is 23.0. The molecule has 1 unspecified atom stereocenters. The van der Waals surface area contributed by atoms with Gasteiger partial charge in [-0.25, -0.2) is 9.97 Å². The van der Waals surface area contributed by atoms with Crippen LogP contribution in [0, 0.1) is 5.92 Å². The van der Waals surface area contributed by atoms with E-state index >= 15 is 0 Å². The van der Waals surface area contributed by atoms with Gasteiger partial charge in [-0.3, -0.25) is 0 Å². The SMILES string of the molecule is CC(C)c1ncc(-c2cnc(N)c(OC(F)F)c2)[nH]1.COCCN1CCC(C)C1. The molecule has 162 valence electrons. The molecule has 2 aromatic heterocycles. The Morgan fingerprint density at radius 1 is 1.31 bits per heavy atom. The lowest BCUT2D eigenvalue weighted by Crippen LogP contribution is -2.24. The lowest BCUT2D eigenvalue weighted by atomic mass is 10.2. The van der Waals surface area contributed by atoms with Crippen molar-refractivity contribution in [2.75, 3.05) is 39.1 Å². The number of nitrogen functional groups attached to an aromatic ring is 1. The molecule has 1 fully saturated rings. The van der Waals surface area contributed by atoms with Crippen molar-refractivity contribution in [3.63, 3.8) is 0 Å². The predicted octanol–water partition coefficient (Wildman–Crippen LogP) is 3.75. The molecule has 9 heteroatoms. The summed E-state index contributed by atoms with van der Waals surface area (Å²) in [6.07, 6.45) is 4.46. The van der Waals surface area contributed by atoms with E-state index in [4.69, 9.17) is 10.5 Å². The predicted molar refractivity (Wildman–Crippen MR) is 109 cm³/mol. The third-order valence-corrected chi connectivity index (χ3v) is 4.67. The summed E-state index contributed by atoms with van der Waals surface area (Å²) >= 11 is 0. The van der Waals surface area contributed by atoms with E-state index in [1.54, 1.807) is 13.3 Å². The zero-order chi connectivity index (χ0) is 21.4. The largest absolute Gasteiger partial charge is 0.431 e. The number of pyridine rings is 1. The molecule has 0 amide bonds. The van der Waals surface area contributed by atoms with Crippen molar-refractivity contribution in [1.29, 1.82) is 0 Å². The van der Waals surface area contributed by atoms with Crippen molar-refractivity contribution in [1.82, 2.24) is 19.9 Å². The Morgan fingerprint density at radius 3 is 2.62 bits per heavy atom. The summed E-state index contributed by atoms with van der Waals surface area (Å²) in [5, 5.41) is 0.